The molecule has 0 saturated carbocycles. The lowest BCUT2D eigenvalue weighted by atomic mass is 10.1. The normalized spacial score (nSPS) is 13.4. The summed E-state index contributed by atoms with van der Waals surface area (Å²) in [6.07, 6.45) is 0. The van der Waals surface area contributed by atoms with Gasteiger partial charge < -0.3 is 5.11 Å². The maximum Gasteiger partial charge on any atom is 0.261 e. The number of benzene rings is 1. The van der Waals surface area contributed by atoms with Crippen molar-refractivity contribution in [2.45, 2.75) is 6.92 Å². The summed E-state index contributed by atoms with van der Waals surface area (Å²) in [4.78, 5) is 24.8. The Balaban J connectivity index is 2.45. The first-order valence-corrected chi connectivity index (χ1v) is 5.23. The number of carbonyl (C=O) groups excluding carboxylic acids is 2. The fourth-order valence-corrected chi connectivity index (χ4v) is 1.82. The molecule has 0 atom stereocenters. The molecular formula is C13H11NO3. The highest BCUT2D eigenvalue weighted by Crippen LogP contribution is 2.23. The van der Waals surface area contributed by atoms with Crippen LogP contribution < -0.4 is 0 Å². The van der Waals surface area contributed by atoms with Crippen molar-refractivity contribution >= 4 is 11.8 Å². The number of rotatable bonds is 2. The third kappa shape index (κ3) is 1.81. The molecule has 1 aliphatic heterocycles. The van der Waals surface area contributed by atoms with Crippen molar-refractivity contribution < 1.29 is 14.7 Å². The monoisotopic (exact) mass is 229 g/mol. The topological polar surface area (TPSA) is 57.6 Å². The summed E-state index contributed by atoms with van der Waals surface area (Å²) in [6.45, 7) is 1.51. The highest BCUT2D eigenvalue weighted by atomic mass is 16.3. The molecule has 0 spiro atoms. The minimum Gasteiger partial charge on any atom is -0.395 e. The predicted octanol–water partition coefficient (Wildman–Crippen LogP) is 0.646. The van der Waals surface area contributed by atoms with Crippen LogP contribution in [-0.2, 0) is 0 Å². The maximum atomic E-state index is 11.9. The van der Waals surface area contributed by atoms with Crippen molar-refractivity contribution in [3.63, 3.8) is 0 Å². The van der Waals surface area contributed by atoms with Crippen LogP contribution in [0, 0.1) is 11.8 Å². The van der Waals surface area contributed by atoms with Gasteiger partial charge in [0.1, 0.15) is 0 Å². The van der Waals surface area contributed by atoms with Crippen LogP contribution in [0.25, 0.3) is 0 Å². The van der Waals surface area contributed by atoms with Crippen LogP contribution in [0.15, 0.2) is 18.2 Å². The molecule has 17 heavy (non-hydrogen) atoms. The minimum absolute atomic E-state index is 0.0289. The molecule has 1 aromatic rings. The first-order chi connectivity index (χ1) is 8.19. The van der Waals surface area contributed by atoms with Gasteiger partial charge >= 0.3 is 0 Å². The van der Waals surface area contributed by atoms with Crippen molar-refractivity contribution in [1.29, 1.82) is 0 Å². The molecule has 4 nitrogen and oxygen atoms in total. The summed E-state index contributed by atoms with van der Waals surface area (Å²) in [7, 11) is 0. The van der Waals surface area contributed by atoms with Gasteiger partial charge in [-0.15, -0.1) is 5.92 Å². The highest BCUT2D eigenvalue weighted by molar-refractivity contribution is 6.21. The van der Waals surface area contributed by atoms with Gasteiger partial charge in [-0.1, -0.05) is 5.92 Å². The van der Waals surface area contributed by atoms with Crippen LogP contribution in [0.5, 0.6) is 0 Å². The molecule has 0 radical (unpaired) electrons. The molecule has 0 aromatic heterocycles. The third-order valence-electron chi connectivity index (χ3n) is 2.56. The molecule has 1 aromatic carbocycles. The molecule has 1 heterocycles. The third-order valence-corrected chi connectivity index (χ3v) is 2.56. The zero-order valence-corrected chi connectivity index (χ0v) is 9.36. The van der Waals surface area contributed by atoms with Crippen LogP contribution in [0.2, 0.25) is 0 Å². The van der Waals surface area contributed by atoms with Crippen LogP contribution in [0.4, 0.5) is 0 Å². The number of amides is 2. The molecule has 0 fully saturated rings. The van der Waals surface area contributed by atoms with Crippen molar-refractivity contribution in [3.05, 3.63) is 34.9 Å². The summed E-state index contributed by atoms with van der Waals surface area (Å²) in [5.74, 6) is 4.86. The average molecular weight is 229 g/mol. The van der Waals surface area contributed by atoms with Crippen LogP contribution in [-0.4, -0.2) is 35.0 Å². The van der Waals surface area contributed by atoms with E-state index < -0.39 is 0 Å². The number of β-amino-alcohol motifs (C(OH)–C–C–N with tert-alkyl or cyclic N) is 1. The molecule has 0 saturated heterocycles. The Bertz CT molecular complexity index is 552. The quantitative estimate of drug-likeness (QED) is 0.598. The second-order valence-corrected chi connectivity index (χ2v) is 3.62. The summed E-state index contributed by atoms with van der Waals surface area (Å²) < 4.78 is 0. The second-order valence-electron chi connectivity index (χ2n) is 3.62. The Kier molecular flexibility index (Phi) is 2.94. The van der Waals surface area contributed by atoms with E-state index in [-0.39, 0.29) is 25.0 Å². The van der Waals surface area contributed by atoms with E-state index in [4.69, 9.17) is 5.11 Å². The molecule has 0 bridgehead atoms. The van der Waals surface area contributed by atoms with Gasteiger partial charge in [-0.3, -0.25) is 14.5 Å². The smallest absolute Gasteiger partial charge is 0.261 e. The van der Waals surface area contributed by atoms with Gasteiger partial charge in [-0.05, 0) is 25.1 Å². The molecule has 1 N–H and O–H groups in total. The lowest BCUT2D eigenvalue weighted by molar-refractivity contribution is 0.0624. The van der Waals surface area contributed by atoms with Crippen LogP contribution >= 0.6 is 0 Å². The molecule has 1 aliphatic rings. The van der Waals surface area contributed by atoms with E-state index in [0.29, 0.717) is 16.7 Å². The van der Waals surface area contributed by atoms with Crippen LogP contribution in [0.1, 0.15) is 33.2 Å². The van der Waals surface area contributed by atoms with E-state index in [9.17, 15) is 9.59 Å². The van der Waals surface area contributed by atoms with Crippen LogP contribution in [0.3, 0.4) is 0 Å². The molecule has 2 amide bonds. The molecule has 86 valence electrons. The lowest BCUT2D eigenvalue weighted by Crippen LogP contribution is -2.32. The van der Waals surface area contributed by atoms with Crippen molar-refractivity contribution in [2.75, 3.05) is 13.2 Å². The molecule has 2 rings (SSSR count). The number of hydrogen-bond acceptors (Lipinski definition) is 3. The molecule has 4 heteroatoms. The van der Waals surface area contributed by atoms with Gasteiger partial charge in [0.05, 0.1) is 24.3 Å². The Morgan fingerprint density at radius 1 is 1.24 bits per heavy atom. The fraction of sp³-hybridized carbons (Fsp3) is 0.231. The zero-order chi connectivity index (χ0) is 12.4. The van der Waals surface area contributed by atoms with E-state index in [1.54, 1.807) is 25.1 Å². The number of hydrogen-bond donors (Lipinski definition) is 1. The maximum absolute atomic E-state index is 11.9. The average Bonchev–Trinajstić information content (AvgIpc) is 2.55. The molecular weight excluding hydrogens is 218 g/mol. The van der Waals surface area contributed by atoms with Gasteiger partial charge in [0.15, 0.2) is 0 Å². The van der Waals surface area contributed by atoms with Crippen molar-refractivity contribution in [3.8, 4) is 11.8 Å². The van der Waals surface area contributed by atoms with E-state index in [1.807, 2.05) is 0 Å². The number of fused-ring (bicyclic) bond motifs is 1. The number of nitrogens with zero attached hydrogens (tertiary/aromatic N) is 1. The van der Waals surface area contributed by atoms with Gasteiger partial charge in [0, 0.05) is 5.56 Å². The Morgan fingerprint density at radius 3 is 2.59 bits per heavy atom. The summed E-state index contributed by atoms with van der Waals surface area (Å²) in [5, 5.41) is 8.81. The number of imide groups is 1. The molecule has 0 aliphatic carbocycles. The highest BCUT2D eigenvalue weighted by Gasteiger charge is 2.34. The SMILES string of the molecule is CC#Cc1ccc2c(c1)C(=O)N(CCO)C2=O. The Hall–Kier alpha value is -2.12. The van der Waals surface area contributed by atoms with E-state index >= 15 is 0 Å². The number of aliphatic hydroxyl groups excluding tert-OH is 1. The zero-order valence-electron chi connectivity index (χ0n) is 9.36. The van der Waals surface area contributed by atoms with E-state index in [0.717, 1.165) is 4.90 Å². The van der Waals surface area contributed by atoms with Gasteiger partial charge in [-0.25, -0.2) is 0 Å². The summed E-state index contributed by atoms with van der Waals surface area (Å²) >= 11 is 0. The lowest BCUT2D eigenvalue weighted by Gasteiger charge is -2.10. The van der Waals surface area contributed by atoms with Crippen molar-refractivity contribution in [2.24, 2.45) is 0 Å². The standard InChI is InChI=1S/C13H11NO3/c1-2-3-9-4-5-10-11(8-9)13(17)14(6-7-15)12(10)16/h4-5,8,15H,6-7H2,1H3. The minimum atomic E-state index is -0.362. The summed E-state index contributed by atoms with van der Waals surface area (Å²) in [5.41, 5.74) is 1.45. The fourth-order valence-electron chi connectivity index (χ4n) is 1.82. The number of aliphatic hydroxyl groups is 1. The Morgan fingerprint density at radius 2 is 1.94 bits per heavy atom. The second kappa shape index (κ2) is 4.40. The number of carbonyl (C=O) groups is 2. The molecule has 0 unspecified atom stereocenters. The van der Waals surface area contributed by atoms with Gasteiger partial charge in [-0.2, -0.15) is 0 Å². The van der Waals surface area contributed by atoms with Gasteiger partial charge in [0.2, 0.25) is 0 Å². The van der Waals surface area contributed by atoms with E-state index in [2.05, 4.69) is 11.8 Å². The van der Waals surface area contributed by atoms with E-state index in [1.165, 1.54) is 0 Å². The van der Waals surface area contributed by atoms with Crippen molar-refractivity contribution in [1.82, 2.24) is 4.90 Å². The first kappa shape index (κ1) is 11.4. The first-order valence-electron chi connectivity index (χ1n) is 5.23. The predicted molar refractivity (Wildman–Crippen MR) is 61.4 cm³/mol. The largest absolute Gasteiger partial charge is 0.395 e. The Labute approximate surface area is 98.9 Å². The summed E-state index contributed by atoms with van der Waals surface area (Å²) in [6, 6.07) is 4.93. The van der Waals surface area contributed by atoms with Gasteiger partial charge in [0.25, 0.3) is 11.8 Å².